The van der Waals surface area contributed by atoms with Crippen LogP contribution in [0.3, 0.4) is 0 Å². The van der Waals surface area contributed by atoms with Crippen molar-refractivity contribution in [3.8, 4) is 0 Å². The van der Waals surface area contributed by atoms with Gasteiger partial charge in [-0.15, -0.1) is 0 Å². The molecule has 2 nitrogen and oxygen atoms in total. The minimum Gasteiger partial charge on any atom is -0.301 e. The minimum atomic E-state index is -0.0321. The summed E-state index contributed by atoms with van der Waals surface area (Å²) in [6, 6.07) is 7.74. The lowest BCUT2D eigenvalue weighted by Crippen LogP contribution is -2.38. The summed E-state index contributed by atoms with van der Waals surface area (Å²) >= 11 is 7.95. The van der Waals surface area contributed by atoms with Crippen molar-refractivity contribution in [3.05, 3.63) is 34.9 Å². The molecule has 1 fully saturated rings. The number of halogens is 1. The van der Waals surface area contributed by atoms with Crippen LogP contribution < -0.4 is 0 Å². The maximum atomic E-state index is 12.5. The zero-order valence-electron chi connectivity index (χ0n) is 12.1. The third kappa shape index (κ3) is 4.24. The van der Waals surface area contributed by atoms with Crippen molar-refractivity contribution >= 4 is 29.1 Å². The van der Waals surface area contributed by atoms with Gasteiger partial charge in [0, 0.05) is 42.1 Å². The lowest BCUT2D eigenvalue weighted by atomic mass is 9.88. The Morgan fingerprint density at radius 2 is 1.85 bits per heavy atom. The molecule has 0 radical (unpaired) electrons. The fourth-order valence-electron chi connectivity index (χ4n) is 2.50. The van der Waals surface area contributed by atoms with Gasteiger partial charge in [0.2, 0.25) is 0 Å². The van der Waals surface area contributed by atoms with E-state index in [1.165, 1.54) is 11.5 Å². The van der Waals surface area contributed by atoms with Crippen LogP contribution in [0, 0.1) is 5.92 Å². The molecule has 4 heteroatoms. The summed E-state index contributed by atoms with van der Waals surface area (Å²) in [5.41, 5.74) is 1.09. The van der Waals surface area contributed by atoms with E-state index in [-0.39, 0.29) is 11.8 Å². The van der Waals surface area contributed by atoms with Crippen LogP contribution in [0.15, 0.2) is 24.3 Å². The number of carbonyl (C=O) groups excluding carboxylic acids is 1. The molecule has 2 rings (SSSR count). The quantitative estimate of drug-likeness (QED) is 0.827. The molecule has 0 aliphatic carbocycles. The van der Waals surface area contributed by atoms with Crippen LogP contribution in [0.5, 0.6) is 0 Å². The highest BCUT2D eigenvalue weighted by Crippen LogP contribution is 2.24. The summed E-state index contributed by atoms with van der Waals surface area (Å²) in [7, 11) is 0. The highest BCUT2D eigenvalue weighted by molar-refractivity contribution is 7.99. The first-order valence-electron chi connectivity index (χ1n) is 7.17. The zero-order chi connectivity index (χ0) is 14.5. The minimum absolute atomic E-state index is 0.0321. The molecular formula is C16H22ClNOS. The molecule has 0 spiro atoms. The maximum Gasteiger partial charge on any atom is 0.144 e. The van der Waals surface area contributed by atoms with Gasteiger partial charge in [-0.3, -0.25) is 4.79 Å². The van der Waals surface area contributed by atoms with Crippen LogP contribution in [0.4, 0.5) is 0 Å². The molecule has 0 aromatic heterocycles. The number of ketones is 1. The fourth-order valence-corrected chi connectivity index (χ4v) is 3.60. The second kappa shape index (κ2) is 7.48. The molecule has 1 atom stereocenters. The molecule has 110 valence electrons. The Morgan fingerprint density at radius 3 is 2.40 bits per heavy atom. The first-order chi connectivity index (χ1) is 9.58. The molecule has 1 aromatic carbocycles. The lowest BCUT2D eigenvalue weighted by Gasteiger charge is -2.30. The third-order valence-corrected chi connectivity index (χ3v) is 4.92. The van der Waals surface area contributed by atoms with E-state index in [1.54, 1.807) is 0 Å². The summed E-state index contributed by atoms with van der Waals surface area (Å²) in [6.45, 7) is 6.97. The van der Waals surface area contributed by atoms with Crippen molar-refractivity contribution in [2.75, 3.05) is 31.1 Å². The van der Waals surface area contributed by atoms with E-state index < -0.39 is 0 Å². The van der Waals surface area contributed by atoms with Gasteiger partial charge in [-0.1, -0.05) is 37.6 Å². The molecule has 0 amide bonds. The van der Waals surface area contributed by atoms with Crippen LogP contribution in [0.2, 0.25) is 5.02 Å². The second-order valence-corrected chi connectivity index (χ2v) is 7.24. The number of thioether (sulfide) groups is 1. The smallest absolute Gasteiger partial charge is 0.144 e. The van der Waals surface area contributed by atoms with Gasteiger partial charge in [0.05, 0.1) is 5.92 Å². The van der Waals surface area contributed by atoms with Crippen LogP contribution in [0.25, 0.3) is 0 Å². The Hall–Kier alpha value is -0.510. The highest BCUT2D eigenvalue weighted by atomic mass is 35.5. The van der Waals surface area contributed by atoms with E-state index in [0.29, 0.717) is 5.78 Å². The number of rotatable bonds is 5. The molecule has 0 bridgehead atoms. The van der Waals surface area contributed by atoms with Crippen LogP contribution in [-0.2, 0) is 4.79 Å². The standard InChI is InChI=1S/C16H22ClNOS/c1-12(2)16(19)15(11-18-7-9-20-10-8-18)13-3-5-14(17)6-4-13/h3-6,12,15H,7-11H2,1-2H3/t15-/m0/s1. The van der Waals surface area contributed by atoms with E-state index in [9.17, 15) is 4.79 Å². The topological polar surface area (TPSA) is 20.3 Å². The van der Waals surface area contributed by atoms with Crippen LogP contribution >= 0.6 is 23.4 Å². The van der Waals surface area contributed by atoms with Gasteiger partial charge < -0.3 is 4.90 Å². The number of hydrogen-bond acceptors (Lipinski definition) is 3. The highest BCUT2D eigenvalue weighted by Gasteiger charge is 2.26. The summed E-state index contributed by atoms with van der Waals surface area (Å²) in [5.74, 6) is 2.70. The lowest BCUT2D eigenvalue weighted by molar-refractivity contribution is -0.123. The van der Waals surface area contributed by atoms with Gasteiger partial charge in [-0.2, -0.15) is 11.8 Å². The van der Waals surface area contributed by atoms with Crippen molar-refractivity contribution in [1.29, 1.82) is 0 Å². The first kappa shape index (κ1) is 15.9. The van der Waals surface area contributed by atoms with Gasteiger partial charge in [-0.25, -0.2) is 0 Å². The van der Waals surface area contributed by atoms with Gasteiger partial charge >= 0.3 is 0 Å². The Balaban J connectivity index is 2.15. The zero-order valence-corrected chi connectivity index (χ0v) is 13.7. The third-order valence-electron chi connectivity index (χ3n) is 3.73. The molecule has 1 heterocycles. The summed E-state index contributed by atoms with van der Waals surface area (Å²) < 4.78 is 0. The molecule has 1 aromatic rings. The van der Waals surface area contributed by atoms with Crippen molar-refractivity contribution < 1.29 is 4.79 Å². The largest absolute Gasteiger partial charge is 0.301 e. The monoisotopic (exact) mass is 311 g/mol. The summed E-state index contributed by atoms with van der Waals surface area (Å²) in [6.07, 6.45) is 0. The Morgan fingerprint density at radius 1 is 1.25 bits per heavy atom. The average molecular weight is 312 g/mol. The molecule has 0 N–H and O–H groups in total. The second-order valence-electron chi connectivity index (χ2n) is 5.57. The van der Waals surface area contributed by atoms with Crippen molar-refractivity contribution in [1.82, 2.24) is 4.90 Å². The molecule has 1 aliphatic heterocycles. The Labute approximate surface area is 130 Å². The van der Waals surface area contributed by atoms with Gasteiger partial charge in [-0.05, 0) is 17.7 Å². The van der Waals surface area contributed by atoms with E-state index in [1.807, 2.05) is 49.9 Å². The van der Waals surface area contributed by atoms with E-state index in [4.69, 9.17) is 11.6 Å². The predicted octanol–water partition coefficient (Wildman–Crippen LogP) is 3.70. The summed E-state index contributed by atoms with van der Waals surface area (Å²) in [4.78, 5) is 14.9. The molecule has 1 saturated heterocycles. The normalized spacial score (nSPS) is 18.2. The fraction of sp³-hybridized carbons (Fsp3) is 0.562. The Bertz CT molecular complexity index is 440. The number of carbonyl (C=O) groups is 1. The molecular weight excluding hydrogens is 290 g/mol. The van der Waals surface area contributed by atoms with Crippen molar-refractivity contribution in [2.24, 2.45) is 5.92 Å². The van der Waals surface area contributed by atoms with Gasteiger partial charge in [0.1, 0.15) is 5.78 Å². The SMILES string of the molecule is CC(C)C(=O)[C@@H](CN1CCSCC1)c1ccc(Cl)cc1. The number of benzene rings is 1. The van der Waals surface area contributed by atoms with Crippen LogP contribution in [0.1, 0.15) is 25.3 Å². The van der Waals surface area contributed by atoms with Gasteiger partial charge in [0.15, 0.2) is 0 Å². The van der Waals surface area contributed by atoms with E-state index in [2.05, 4.69) is 4.90 Å². The van der Waals surface area contributed by atoms with Gasteiger partial charge in [0.25, 0.3) is 0 Å². The maximum absolute atomic E-state index is 12.5. The first-order valence-corrected chi connectivity index (χ1v) is 8.70. The molecule has 1 aliphatic rings. The Kier molecular flexibility index (Phi) is 5.94. The van der Waals surface area contributed by atoms with E-state index >= 15 is 0 Å². The molecule has 20 heavy (non-hydrogen) atoms. The van der Waals surface area contributed by atoms with Crippen LogP contribution in [-0.4, -0.2) is 41.8 Å². The number of nitrogens with zero attached hydrogens (tertiary/aromatic N) is 1. The average Bonchev–Trinajstić information content (AvgIpc) is 2.46. The molecule has 0 saturated carbocycles. The predicted molar refractivity (Wildman–Crippen MR) is 87.8 cm³/mol. The van der Waals surface area contributed by atoms with Crippen molar-refractivity contribution in [3.63, 3.8) is 0 Å². The van der Waals surface area contributed by atoms with Crippen molar-refractivity contribution in [2.45, 2.75) is 19.8 Å². The number of hydrogen-bond donors (Lipinski definition) is 0. The molecule has 0 unspecified atom stereocenters. The summed E-state index contributed by atoms with van der Waals surface area (Å²) in [5, 5.41) is 0.721. The number of Topliss-reactive ketones (excluding diaryl/α,β-unsaturated/α-hetero) is 1. The van der Waals surface area contributed by atoms with E-state index in [0.717, 1.165) is 30.2 Å².